The van der Waals surface area contributed by atoms with Crippen LogP contribution in [0.25, 0.3) is 10.9 Å². The van der Waals surface area contributed by atoms with Gasteiger partial charge in [0, 0.05) is 5.39 Å². The van der Waals surface area contributed by atoms with Crippen LogP contribution in [-0.2, 0) is 15.6 Å². The topological polar surface area (TPSA) is 67.3 Å². The highest BCUT2D eigenvalue weighted by Gasteiger charge is 2.17. The van der Waals surface area contributed by atoms with Crippen molar-refractivity contribution in [1.82, 2.24) is 4.98 Å². The summed E-state index contributed by atoms with van der Waals surface area (Å²) in [5.41, 5.74) is 0.674. The molecule has 0 aliphatic heterocycles. The van der Waals surface area contributed by atoms with Crippen LogP contribution in [-0.4, -0.2) is 18.5 Å². The first-order chi connectivity index (χ1) is 10.5. The number of aromatic hydroxyl groups is 1. The predicted molar refractivity (Wildman–Crippen MR) is 80.7 cm³/mol. The maximum absolute atomic E-state index is 12.9. The Morgan fingerprint density at radius 1 is 1.00 bits per heavy atom. The van der Waals surface area contributed by atoms with Crippen LogP contribution >= 0.6 is 0 Å². The quantitative estimate of drug-likeness (QED) is 0.754. The molecule has 0 bridgehead atoms. The van der Waals surface area contributed by atoms with Crippen LogP contribution in [0.1, 0.15) is 5.69 Å². The fourth-order valence-electron chi connectivity index (χ4n) is 2.17. The van der Waals surface area contributed by atoms with Crippen molar-refractivity contribution in [2.24, 2.45) is 0 Å². The monoisotopic (exact) mass is 317 g/mol. The zero-order chi connectivity index (χ0) is 15.7. The average molecular weight is 317 g/mol. The number of phenolic OH excluding ortho intramolecular Hbond substituents is 1. The van der Waals surface area contributed by atoms with Crippen LogP contribution in [0, 0.1) is 5.82 Å². The molecule has 0 fully saturated rings. The highest BCUT2D eigenvalue weighted by molar-refractivity contribution is 7.90. The van der Waals surface area contributed by atoms with Crippen molar-refractivity contribution < 1.29 is 17.9 Å². The van der Waals surface area contributed by atoms with Crippen LogP contribution < -0.4 is 0 Å². The first-order valence-electron chi connectivity index (χ1n) is 6.52. The van der Waals surface area contributed by atoms with Crippen molar-refractivity contribution in [2.45, 2.75) is 10.6 Å². The van der Waals surface area contributed by atoms with Gasteiger partial charge in [-0.05, 0) is 36.4 Å². The zero-order valence-corrected chi connectivity index (χ0v) is 12.2. The Labute approximate surface area is 126 Å². The molecule has 0 saturated carbocycles. The number of benzene rings is 2. The van der Waals surface area contributed by atoms with Crippen molar-refractivity contribution in [3.05, 3.63) is 66.1 Å². The van der Waals surface area contributed by atoms with E-state index in [4.69, 9.17) is 0 Å². The molecule has 112 valence electrons. The number of pyridine rings is 1. The number of hydrogen-bond donors (Lipinski definition) is 1. The molecule has 22 heavy (non-hydrogen) atoms. The third-order valence-electron chi connectivity index (χ3n) is 3.27. The van der Waals surface area contributed by atoms with Crippen molar-refractivity contribution >= 4 is 20.7 Å². The molecule has 0 spiro atoms. The lowest BCUT2D eigenvalue weighted by atomic mass is 10.2. The lowest BCUT2D eigenvalue weighted by Gasteiger charge is -2.06. The molecule has 3 aromatic rings. The van der Waals surface area contributed by atoms with Crippen molar-refractivity contribution in [2.75, 3.05) is 0 Å². The van der Waals surface area contributed by atoms with E-state index in [1.165, 1.54) is 18.2 Å². The number of para-hydroxylation sites is 1. The summed E-state index contributed by atoms with van der Waals surface area (Å²) < 4.78 is 37.5. The molecule has 0 unspecified atom stereocenters. The summed E-state index contributed by atoms with van der Waals surface area (Å²) >= 11 is 0. The predicted octanol–water partition coefficient (Wildman–Crippen LogP) is 3.05. The molecular weight excluding hydrogens is 305 g/mol. The third kappa shape index (κ3) is 2.78. The van der Waals surface area contributed by atoms with Gasteiger partial charge in [0.2, 0.25) is 0 Å². The molecule has 0 aliphatic rings. The van der Waals surface area contributed by atoms with Crippen LogP contribution in [0.5, 0.6) is 5.75 Å². The lowest BCUT2D eigenvalue weighted by molar-refractivity contribution is 0.480. The van der Waals surface area contributed by atoms with E-state index >= 15 is 0 Å². The summed E-state index contributed by atoms with van der Waals surface area (Å²) in [4.78, 5) is 4.24. The number of hydrogen-bond acceptors (Lipinski definition) is 4. The SMILES string of the molecule is O=S(=O)(Cc1ccc2cccc(O)c2n1)c1ccc(F)cc1. The highest BCUT2D eigenvalue weighted by Crippen LogP contribution is 2.24. The van der Waals surface area contributed by atoms with Gasteiger partial charge in [-0.1, -0.05) is 18.2 Å². The number of sulfone groups is 1. The lowest BCUT2D eigenvalue weighted by Crippen LogP contribution is -2.06. The Morgan fingerprint density at radius 3 is 2.45 bits per heavy atom. The summed E-state index contributed by atoms with van der Waals surface area (Å²) in [7, 11) is -3.62. The van der Waals surface area contributed by atoms with E-state index in [1.54, 1.807) is 24.3 Å². The fourth-order valence-corrected chi connectivity index (χ4v) is 3.44. The van der Waals surface area contributed by atoms with Gasteiger partial charge in [0.15, 0.2) is 9.84 Å². The van der Waals surface area contributed by atoms with E-state index < -0.39 is 15.7 Å². The summed E-state index contributed by atoms with van der Waals surface area (Å²) in [6.45, 7) is 0. The molecule has 0 aliphatic carbocycles. The number of phenols is 1. The Kier molecular flexibility index (Phi) is 3.54. The van der Waals surface area contributed by atoms with Crippen LogP contribution in [0.15, 0.2) is 59.5 Å². The molecule has 1 heterocycles. The van der Waals surface area contributed by atoms with E-state index in [-0.39, 0.29) is 16.4 Å². The zero-order valence-electron chi connectivity index (χ0n) is 11.4. The van der Waals surface area contributed by atoms with Crippen LogP contribution in [0.2, 0.25) is 0 Å². The van der Waals surface area contributed by atoms with Gasteiger partial charge in [0.1, 0.15) is 17.1 Å². The second-order valence-electron chi connectivity index (χ2n) is 4.86. The Bertz CT molecular complexity index is 937. The number of rotatable bonds is 3. The molecule has 6 heteroatoms. The molecule has 3 rings (SSSR count). The van der Waals surface area contributed by atoms with Gasteiger partial charge in [0.05, 0.1) is 16.3 Å². The molecule has 0 saturated heterocycles. The first-order valence-corrected chi connectivity index (χ1v) is 8.17. The normalized spacial score (nSPS) is 11.7. The number of nitrogens with zero attached hydrogens (tertiary/aromatic N) is 1. The largest absolute Gasteiger partial charge is 0.506 e. The van der Waals surface area contributed by atoms with Crippen LogP contribution in [0.3, 0.4) is 0 Å². The molecule has 1 aromatic heterocycles. The van der Waals surface area contributed by atoms with Gasteiger partial charge >= 0.3 is 0 Å². The van der Waals surface area contributed by atoms with Crippen LogP contribution in [0.4, 0.5) is 4.39 Å². The van der Waals surface area contributed by atoms with Crippen molar-refractivity contribution in [1.29, 1.82) is 0 Å². The van der Waals surface area contributed by atoms with Crippen molar-refractivity contribution in [3.8, 4) is 5.75 Å². The molecular formula is C16H12FNO3S. The number of fused-ring (bicyclic) bond motifs is 1. The number of aromatic nitrogens is 1. The molecule has 0 atom stereocenters. The summed E-state index contributed by atoms with van der Waals surface area (Å²) in [6.07, 6.45) is 0. The smallest absolute Gasteiger partial charge is 0.184 e. The van der Waals surface area contributed by atoms with E-state index in [0.717, 1.165) is 17.5 Å². The number of halogens is 1. The third-order valence-corrected chi connectivity index (χ3v) is 4.93. The molecule has 4 nitrogen and oxygen atoms in total. The van der Waals surface area contributed by atoms with Gasteiger partial charge in [0.25, 0.3) is 0 Å². The van der Waals surface area contributed by atoms with Gasteiger partial charge in [-0.25, -0.2) is 17.8 Å². The molecule has 1 N–H and O–H groups in total. The van der Waals surface area contributed by atoms with Crippen molar-refractivity contribution in [3.63, 3.8) is 0 Å². The summed E-state index contributed by atoms with van der Waals surface area (Å²) in [5.74, 6) is -0.811. The summed E-state index contributed by atoms with van der Waals surface area (Å²) in [5, 5.41) is 10.5. The molecule has 0 amide bonds. The van der Waals surface area contributed by atoms with E-state index in [2.05, 4.69) is 4.98 Å². The van der Waals surface area contributed by atoms with E-state index in [1.807, 2.05) is 0 Å². The fraction of sp³-hybridized carbons (Fsp3) is 0.0625. The van der Waals surface area contributed by atoms with Gasteiger partial charge in [-0.2, -0.15) is 0 Å². The standard InChI is InChI=1S/C16H12FNO3S/c17-12-5-8-14(9-6-12)22(20,21)10-13-7-4-11-2-1-3-15(19)16(11)18-13/h1-9,19H,10H2. The second kappa shape index (κ2) is 5.38. The maximum atomic E-state index is 12.9. The average Bonchev–Trinajstić information content (AvgIpc) is 2.48. The highest BCUT2D eigenvalue weighted by atomic mass is 32.2. The van der Waals surface area contributed by atoms with Gasteiger partial charge in [-0.3, -0.25) is 0 Å². The first kappa shape index (κ1) is 14.5. The minimum absolute atomic E-state index is 0.00136. The van der Waals surface area contributed by atoms with E-state index in [0.29, 0.717) is 11.2 Å². The minimum atomic E-state index is -3.62. The summed E-state index contributed by atoms with van der Waals surface area (Å²) in [6, 6.07) is 12.9. The Morgan fingerprint density at radius 2 is 1.73 bits per heavy atom. The second-order valence-corrected chi connectivity index (χ2v) is 6.85. The van der Waals surface area contributed by atoms with Gasteiger partial charge < -0.3 is 5.11 Å². The minimum Gasteiger partial charge on any atom is -0.506 e. The Balaban J connectivity index is 1.98. The van der Waals surface area contributed by atoms with Gasteiger partial charge in [-0.15, -0.1) is 0 Å². The van der Waals surface area contributed by atoms with E-state index in [9.17, 15) is 17.9 Å². The Hall–Kier alpha value is -2.47. The molecule has 0 radical (unpaired) electrons. The maximum Gasteiger partial charge on any atom is 0.184 e. The molecule has 2 aromatic carbocycles.